The van der Waals surface area contributed by atoms with Gasteiger partial charge in [0.25, 0.3) is 0 Å². The molecule has 39 heavy (non-hydrogen) atoms. The lowest BCUT2D eigenvalue weighted by molar-refractivity contribution is -0.144. The number of aromatic carboxylic acids is 1. The quantitative estimate of drug-likeness (QED) is 0.325. The lowest BCUT2D eigenvalue weighted by Crippen LogP contribution is -2.48. The lowest BCUT2D eigenvalue weighted by Gasteiger charge is -2.31. The number of likely N-dealkylation sites (tertiary alicyclic amines) is 1. The van der Waals surface area contributed by atoms with Crippen molar-refractivity contribution in [3.63, 3.8) is 0 Å². The van der Waals surface area contributed by atoms with Gasteiger partial charge >= 0.3 is 12.0 Å². The molecule has 1 aliphatic rings. The second-order valence-corrected chi connectivity index (χ2v) is 9.16. The van der Waals surface area contributed by atoms with Crippen LogP contribution in [0.15, 0.2) is 60.7 Å². The molecule has 3 aromatic rings. The number of halogens is 3. The van der Waals surface area contributed by atoms with Crippen LogP contribution in [0.1, 0.15) is 34.3 Å². The van der Waals surface area contributed by atoms with Gasteiger partial charge in [-0.05, 0) is 55.3 Å². The second-order valence-electron chi connectivity index (χ2n) is 9.16. The first kappa shape index (κ1) is 27.5. The number of nitrogens with one attached hydrogen (secondary N) is 2. The molecular weight excluding hydrogens is 515 g/mol. The molecule has 8 nitrogen and oxygen atoms in total. The van der Waals surface area contributed by atoms with E-state index in [2.05, 4.69) is 10.6 Å². The van der Waals surface area contributed by atoms with Crippen molar-refractivity contribution in [1.29, 1.82) is 0 Å². The summed E-state index contributed by atoms with van der Waals surface area (Å²) in [5, 5.41) is 13.8. The van der Waals surface area contributed by atoms with Crippen LogP contribution in [-0.4, -0.2) is 46.9 Å². The highest BCUT2D eigenvalue weighted by Crippen LogP contribution is 2.33. The standard InChI is InChI=1S/C28H26F3N3O5/c1-17-5-2-3-6-21(17)32-27(38)33-22-12-9-19(24(29)25(22)30)15-23(35)34-14-4-13-28(34,31)16-39-20-10-7-18(8-11-20)26(36)37/h2-3,5-12H,4,13-16H2,1H3,(H,36,37)(H2,32,33,38)/t28-/m1/s1. The highest BCUT2D eigenvalue weighted by atomic mass is 19.2. The van der Waals surface area contributed by atoms with Crippen molar-refractivity contribution in [3.8, 4) is 5.75 Å². The summed E-state index contributed by atoms with van der Waals surface area (Å²) in [5.74, 6) is -6.49. The number of carbonyl (C=O) groups excluding carboxylic acids is 2. The molecule has 0 aromatic heterocycles. The van der Waals surface area contributed by atoms with Crippen molar-refractivity contribution in [2.24, 2.45) is 0 Å². The van der Waals surface area contributed by atoms with E-state index in [1.54, 1.807) is 31.2 Å². The molecule has 1 aliphatic heterocycles. The molecule has 0 saturated carbocycles. The van der Waals surface area contributed by atoms with Gasteiger partial charge in [0.05, 0.1) is 17.7 Å². The summed E-state index contributed by atoms with van der Waals surface area (Å²) >= 11 is 0. The van der Waals surface area contributed by atoms with Gasteiger partial charge in [-0.2, -0.15) is 0 Å². The minimum atomic E-state index is -2.17. The van der Waals surface area contributed by atoms with E-state index in [1.165, 1.54) is 24.3 Å². The van der Waals surface area contributed by atoms with Crippen LogP contribution in [0.3, 0.4) is 0 Å². The SMILES string of the molecule is Cc1ccccc1NC(=O)Nc1ccc(CC(=O)N2CCC[C@]2(F)COc2ccc(C(=O)O)cc2)c(F)c1F. The van der Waals surface area contributed by atoms with Crippen LogP contribution in [0.4, 0.5) is 29.3 Å². The van der Waals surface area contributed by atoms with Gasteiger partial charge in [0.15, 0.2) is 11.6 Å². The largest absolute Gasteiger partial charge is 0.488 e. The number of carboxylic acid groups (broad SMARTS) is 1. The number of carbonyl (C=O) groups is 3. The van der Waals surface area contributed by atoms with Gasteiger partial charge in [0, 0.05) is 24.2 Å². The van der Waals surface area contributed by atoms with Gasteiger partial charge in [-0.3, -0.25) is 4.79 Å². The first-order valence-corrected chi connectivity index (χ1v) is 12.1. The van der Waals surface area contributed by atoms with Crippen LogP contribution in [0, 0.1) is 18.6 Å². The number of carboxylic acids is 1. The highest BCUT2D eigenvalue weighted by Gasteiger charge is 2.45. The summed E-state index contributed by atoms with van der Waals surface area (Å²) in [7, 11) is 0. The van der Waals surface area contributed by atoms with E-state index in [-0.39, 0.29) is 29.8 Å². The first-order valence-electron chi connectivity index (χ1n) is 12.1. The fraction of sp³-hybridized carbons (Fsp3) is 0.250. The minimum absolute atomic E-state index is 0.0123. The smallest absolute Gasteiger partial charge is 0.335 e. The van der Waals surface area contributed by atoms with Crippen LogP contribution in [-0.2, 0) is 11.2 Å². The zero-order chi connectivity index (χ0) is 28.2. The molecule has 0 radical (unpaired) electrons. The molecule has 1 atom stereocenters. The number of ether oxygens (including phenoxy) is 1. The molecule has 3 N–H and O–H groups in total. The Balaban J connectivity index is 1.39. The topological polar surface area (TPSA) is 108 Å². The van der Waals surface area contributed by atoms with Crippen molar-refractivity contribution in [2.45, 2.75) is 32.0 Å². The second kappa shape index (κ2) is 11.5. The molecule has 11 heteroatoms. The maximum atomic E-state index is 15.7. The molecule has 1 fully saturated rings. The molecule has 3 aromatic carbocycles. The van der Waals surface area contributed by atoms with Crippen molar-refractivity contribution in [3.05, 3.63) is 89.0 Å². The molecule has 0 unspecified atom stereocenters. The van der Waals surface area contributed by atoms with E-state index in [0.29, 0.717) is 12.1 Å². The van der Waals surface area contributed by atoms with Crippen LogP contribution >= 0.6 is 0 Å². The normalized spacial score (nSPS) is 16.6. The molecule has 0 bridgehead atoms. The zero-order valence-corrected chi connectivity index (χ0v) is 21.0. The predicted octanol–water partition coefficient (Wildman–Crippen LogP) is 5.53. The Labute approximate surface area is 222 Å². The van der Waals surface area contributed by atoms with Crippen molar-refractivity contribution in [1.82, 2.24) is 4.90 Å². The first-order chi connectivity index (χ1) is 18.6. The number of alkyl halides is 1. The van der Waals surface area contributed by atoms with E-state index in [1.807, 2.05) is 0 Å². The predicted molar refractivity (Wildman–Crippen MR) is 138 cm³/mol. The molecule has 0 aliphatic carbocycles. The minimum Gasteiger partial charge on any atom is -0.488 e. The number of amides is 3. The summed E-state index contributed by atoms with van der Waals surface area (Å²) in [6.07, 6.45) is -0.266. The van der Waals surface area contributed by atoms with E-state index in [0.717, 1.165) is 22.6 Å². The lowest BCUT2D eigenvalue weighted by atomic mass is 10.1. The van der Waals surface area contributed by atoms with Crippen LogP contribution in [0.5, 0.6) is 5.75 Å². The number of urea groups is 1. The molecule has 204 valence electrons. The number of nitrogens with zero attached hydrogens (tertiary/aromatic N) is 1. The summed E-state index contributed by atoms with van der Waals surface area (Å²) in [5.41, 5.74) is 0.609. The van der Waals surface area contributed by atoms with Crippen molar-refractivity contribution >= 4 is 29.3 Å². The fourth-order valence-electron chi connectivity index (χ4n) is 4.30. The fourth-order valence-corrected chi connectivity index (χ4v) is 4.30. The van der Waals surface area contributed by atoms with E-state index in [4.69, 9.17) is 9.84 Å². The van der Waals surface area contributed by atoms with Crippen LogP contribution < -0.4 is 15.4 Å². The number of hydrogen-bond acceptors (Lipinski definition) is 4. The van der Waals surface area contributed by atoms with Crippen molar-refractivity contribution in [2.75, 3.05) is 23.8 Å². The number of benzene rings is 3. The van der Waals surface area contributed by atoms with E-state index >= 15 is 4.39 Å². The molecule has 1 saturated heterocycles. The average molecular weight is 542 g/mol. The molecule has 4 rings (SSSR count). The Morgan fingerprint density at radius 3 is 2.36 bits per heavy atom. The van der Waals surface area contributed by atoms with Gasteiger partial charge in [-0.1, -0.05) is 24.3 Å². The van der Waals surface area contributed by atoms with Crippen LogP contribution in [0.25, 0.3) is 0 Å². The number of rotatable bonds is 8. The van der Waals surface area contributed by atoms with Gasteiger partial charge in [-0.25, -0.2) is 22.8 Å². The van der Waals surface area contributed by atoms with Gasteiger partial charge in [0.2, 0.25) is 11.7 Å². The third-order valence-electron chi connectivity index (χ3n) is 6.43. The maximum Gasteiger partial charge on any atom is 0.335 e. The average Bonchev–Trinajstić information content (AvgIpc) is 3.30. The number of hydrogen-bond donors (Lipinski definition) is 3. The molecular formula is C28H26F3N3O5. The molecule has 1 heterocycles. The van der Waals surface area contributed by atoms with Gasteiger partial charge in [0.1, 0.15) is 12.4 Å². The maximum absolute atomic E-state index is 15.7. The van der Waals surface area contributed by atoms with Gasteiger partial charge < -0.3 is 25.4 Å². The van der Waals surface area contributed by atoms with Crippen molar-refractivity contribution < 1.29 is 37.4 Å². The van der Waals surface area contributed by atoms with E-state index < -0.39 is 54.0 Å². The number of anilines is 2. The zero-order valence-electron chi connectivity index (χ0n) is 21.0. The third kappa shape index (κ3) is 6.31. The van der Waals surface area contributed by atoms with Gasteiger partial charge in [-0.15, -0.1) is 0 Å². The summed E-state index contributed by atoms with van der Waals surface area (Å²) in [6, 6.07) is 13.8. The Hall–Kier alpha value is -4.54. The van der Waals surface area contributed by atoms with Crippen LogP contribution in [0.2, 0.25) is 0 Å². The number of para-hydroxylation sites is 1. The summed E-state index contributed by atoms with van der Waals surface area (Å²) in [6.45, 7) is 1.33. The number of aryl methyl sites for hydroxylation is 1. The molecule has 0 spiro atoms. The molecule has 3 amide bonds. The Morgan fingerprint density at radius 2 is 1.67 bits per heavy atom. The highest BCUT2D eigenvalue weighted by molar-refractivity contribution is 6.00. The van der Waals surface area contributed by atoms with E-state index in [9.17, 15) is 23.2 Å². The third-order valence-corrected chi connectivity index (χ3v) is 6.43. The Morgan fingerprint density at radius 1 is 0.974 bits per heavy atom. The Kier molecular flexibility index (Phi) is 8.08. The summed E-state index contributed by atoms with van der Waals surface area (Å²) in [4.78, 5) is 37.1. The Bertz CT molecular complexity index is 1400. The monoisotopic (exact) mass is 541 g/mol. The summed E-state index contributed by atoms with van der Waals surface area (Å²) < 4.78 is 50.7.